The molecule has 0 unspecified atom stereocenters. The Morgan fingerprint density at radius 2 is 1.95 bits per heavy atom. The molecule has 1 aliphatic rings. The third-order valence-electron chi connectivity index (χ3n) is 4.24. The first-order chi connectivity index (χ1) is 9.83. The molecular weight excluding hydrogens is 270 g/mol. The molecule has 0 saturated heterocycles. The minimum atomic E-state index is -0.835. The van der Waals surface area contributed by atoms with Crippen molar-refractivity contribution in [1.82, 2.24) is 5.32 Å². The zero-order valence-electron chi connectivity index (χ0n) is 12.6. The highest BCUT2D eigenvalue weighted by Crippen LogP contribution is 2.45. The number of carbonyl (C=O) groups is 2. The molecule has 114 valence electrons. The van der Waals surface area contributed by atoms with E-state index in [0.29, 0.717) is 18.6 Å². The molecule has 1 aromatic carbocycles. The van der Waals surface area contributed by atoms with E-state index in [2.05, 4.69) is 5.32 Å². The summed E-state index contributed by atoms with van der Waals surface area (Å²) < 4.78 is 5.30. The number of carbonyl (C=O) groups excluding carboxylic acids is 1. The molecular formula is C16H21NO4. The number of hydrogen-bond donors (Lipinski definition) is 2. The van der Waals surface area contributed by atoms with E-state index in [-0.39, 0.29) is 12.5 Å². The molecule has 1 amide bonds. The van der Waals surface area contributed by atoms with Crippen LogP contribution in [0, 0.1) is 5.41 Å². The van der Waals surface area contributed by atoms with Gasteiger partial charge >= 0.3 is 5.97 Å². The molecule has 0 atom stereocenters. The first-order valence-electron chi connectivity index (χ1n) is 6.99. The monoisotopic (exact) mass is 291 g/mol. The van der Waals surface area contributed by atoms with Gasteiger partial charge in [0, 0.05) is 12.1 Å². The van der Waals surface area contributed by atoms with Gasteiger partial charge in [-0.1, -0.05) is 18.2 Å². The summed E-state index contributed by atoms with van der Waals surface area (Å²) in [5.74, 6) is -0.380. The zero-order valence-corrected chi connectivity index (χ0v) is 12.6. The standard InChI is InChI=1S/C16H21NO4/c1-15(2,11-6-4-5-7-12(11)21-3)13(18)17-10-16(8-9-16)14(19)20/h4-7H,8-10H2,1-3H3,(H,17,18)(H,19,20). The van der Waals surface area contributed by atoms with Crippen LogP contribution in [0.1, 0.15) is 32.3 Å². The van der Waals surface area contributed by atoms with Crippen LogP contribution < -0.4 is 10.1 Å². The van der Waals surface area contributed by atoms with Gasteiger partial charge in [-0.2, -0.15) is 0 Å². The van der Waals surface area contributed by atoms with Gasteiger partial charge in [0.25, 0.3) is 0 Å². The van der Waals surface area contributed by atoms with E-state index in [1.165, 1.54) is 0 Å². The topological polar surface area (TPSA) is 75.6 Å². The second-order valence-corrected chi connectivity index (χ2v) is 6.09. The third-order valence-corrected chi connectivity index (χ3v) is 4.24. The van der Waals surface area contributed by atoms with E-state index < -0.39 is 16.8 Å². The quantitative estimate of drug-likeness (QED) is 0.840. The molecule has 5 heteroatoms. The Morgan fingerprint density at radius 1 is 1.33 bits per heavy atom. The molecule has 1 fully saturated rings. The summed E-state index contributed by atoms with van der Waals surface area (Å²) in [6, 6.07) is 7.36. The van der Waals surface area contributed by atoms with Crippen molar-refractivity contribution in [2.45, 2.75) is 32.1 Å². The molecule has 2 rings (SSSR count). The number of nitrogens with one attached hydrogen (secondary N) is 1. The normalized spacial score (nSPS) is 16.1. The Balaban J connectivity index is 2.12. The van der Waals surface area contributed by atoms with Gasteiger partial charge in [0.05, 0.1) is 17.9 Å². The maximum Gasteiger partial charge on any atom is 0.311 e. The molecule has 0 heterocycles. The van der Waals surface area contributed by atoms with Crippen LogP contribution in [-0.4, -0.2) is 30.6 Å². The van der Waals surface area contributed by atoms with Gasteiger partial charge in [-0.3, -0.25) is 9.59 Å². The molecule has 0 radical (unpaired) electrons. The molecule has 0 spiro atoms. The number of carboxylic acid groups (broad SMARTS) is 1. The Morgan fingerprint density at radius 3 is 2.48 bits per heavy atom. The fraction of sp³-hybridized carbons (Fsp3) is 0.500. The number of aliphatic carboxylic acids is 1. The molecule has 21 heavy (non-hydrogen) atoms. The lowest BCUT2D eigenvalue weighted by Gasteiger charge is -2.26. The van der Waals surface area contributed by atoms with Gasteiger partial charge in [-0.15, -0.1) is 0 Å². The minimum absolute atomic E-state index is 0.180. The van der Waals surface area contributed by atoms with Gasteiger partial charge < -0.3 is 15.2 Å². The maximum atomic E-state index is 12.5. The highest BCUT2D eigenvalue weighted by molar-refractivity contribution is 5.89. The number of para-hydroxylation sites is 1. The SMILES string of the molecule is COc1ccccc1C(C)(C)C(=O)NCC1(C(=O)O)CC1. The largest absolute Gasteiger partial charge is 0.496 e. The average molecular weight is 291 g/mol. The molecule has 2 N–H and O–H groups in total. The van der Waals surface area contributed by atoms with Crippen molar-refractivity contribution in [2.75, 3.05) is 13.7 Å². The molecule has 1 saturated carbocycles. The van der Waals surface area contributed by atoms with Crippen LogP contribution in [-0.2, 0) is 15.0 Å². The van der Waals surface area contributed by atoms with Gasteiger partial charge in [0.2, 0.25) is 5.91 Å². The lowest BCUT2D eigenvalue weighted by Crippen LogP contribution is -2.44. The van der Waals surface area contributed by atoms with Crippen LogP contribution in [0.4, 0.5) is 0 Å². The summed E-state index contributed by atoms with van der Waals surface area (Å²) in [7, 11) is 1.57. The van der Waals surface area contributed by atoms with Crippen molar-refractivity contribution in [2.24, 2.45) is 5.41 Å². The second-order valence-electron chi connectivity index (χ2n) is 6.09. The van der Waals surface area contributed by atoms with Crippen LogP contribution in [0.25, 0.3) is 0 Å². The number of ether oxygens (including phenoxy) is 1. The number of methoxy groups -OCH3 is 1. The number of carboxylic acids is 1. The fourth-order valence-electron chi connectivity index (χ4n) is 2.37. The van der Waals surface area contributed by atoms with Crippen LogP contribution in [0.5, 0.6) is 5.75 Å². The molecule has 0 bridgehead atoms. The highest BCUT2D eigenvalue weighted by Gasteiger charge is 2.50. The first-order valence-corrected chi connectivity index (χ1v) is 6.99. The van der Waals surface area contributed by atoms with Crippen molar-refractivity contribution >= 4 is 11.9 Å². The number of benzene rings is 1. The highest BCUT2D eigenvalue weighted by atomic mass is 16.5. The van der Waals surface area contributed by atoms with Crippen molar-refractivity contribution < 1.29 is 19.4 Å². The zero-order chi connectivity index (χ0) is 15.7. The average Bonchev–Trinajstić information content (AvgIpc) is 3.25. The minimum Gasteiger partial charge on any atom is -0.496 e. The van der Waals surface area contributed by atoms with Gasteiger partial charge in [-0.05, 0) is 32.8 Å². The van der Waals surface area contributed by atoms with E-state index in [1.807, 2.05) is 24.3 Å². The predicted molar refractivity (Wildman–Crippen MR) is 78.3 cm³/mol. The molecule has 1 aliphatic carbocycles. The molecule has 0 aliphatic heterocycles. The van der Waals surface area contributed by atoms with Crippen molar-refractivity contribution in [3.63, 3.8) is 0 Å². The van der Waals surface area contributed by atoms with Crippen LogP contribution in [0.2, 0.25) is 0 Å². The summed E-state index contributed by atoms with van der Waals surface area (Å²) in [6.45, 7) is 3.79. The van der Waals surface area contributed by atoms with E-state index >= 15 is 0 Å². The molecule has 0 aromatic heterocycles. The first kappa shape index (κ1) is 15.4. The summed E-state index contributed by atoms with van der Waals surface area (Å²) in [6.07, 6.45) is 1.25. The molecule has 5 nitrogen and oxygen atoms in total. The summed E-state index contributed by atoms with van der Waals surface area (Å²) in [5, 5.41) is 11.9. The van der Waals surface area contributed by atoms with Crippen molar-refractivity contribution in [3.05, 3.63) is 29.8 Å². The number of hydrogen-bond acceptors (Lipinski definition) is 3. The smallest absolute Gasteiger partial charge is 0.311 e. The summed E-state index contributed by atoms with van der Waals surface area (Å²) in [5.41, 5.74) is -0.765. The van der Waals surface area contributed by atoms with Gasteiger partial charge in [-0.25, -0.2) is 0 Å². The predicted octanol–water partition coefficient (Wildman–Crippen LogP) is 1.95. The van der Waals surface area contributed by atoms with Crippen LogP contribution >= 0.6 is 0 Å². The Hall–Kier alpha value is -2.04. The lowest BCUT2D eigenvalue weighted by molar-refractivity contribution is -0.143. The third kappa shape index (κ3) is 2.86. The Kier molecular flexibility index (Phi) is 3.94. The fourth-order valence-corrected chi connectivity index (χ4v) is 2.37. The summed E-state index contributed by atoms with van der Waals surface area (Å²) >= 11 is 0. The van der Waals surface area contributed by atoms with Crippen LogP contribution in [0.15, 0.2) is 24.3 Å². The van der Waals surface area contributed by atoms with E-state index in [9.17, 15) is 9.59 Å². The second kappa shape index (κ2) is 5.39. The van der Waals surface area contributed by atoms with Crippen molar-refractivity contribution in [3.8, 4) is 5.75 Å². The van der Waals surface area contributed by atoms with E-state index in [1.54, 1.807) is 21.0 Å². The number of rotatable bonds is 6. The Bertz CT molecular complexity index is 561. The lowest BCUT2D eigenvalue weighted by atomic mass is 9.83. The van der Waals surface area contributed by atoms with E-state index in [4.69, 9.17) is 9.84 Å². The molecule has 1 aromatic rings. The van der Waals surface area contributed by atoms with Crippen LogP contribution in [0.3, 0.4) is 0 Å². The van der Waals surface area contributed by atoms with Crippen molar-refractivity contribution in [1.29, 1.82) is 0 Å². The summed E-state index contributed by atoms with van der Waals surface area (Å²) in [4.78, 5) is 23.6. The Labute approximate surface area is 124 Å². The van der Waals surface area contributed by atoms with Gasteiger partial charge in [0.1, 0.15) is 5.75 Å². The van der Waals surface area contributed by atoms with Gasteiger partial charge in [0.15, 0.2) is 0 Å². The van der Waals surface area contributed by atoms with E-state index in [0.717, 1.165) is 5.56 Å². The maximum absolute atomic E-state index is 12.5. The number of amides is 1.